The van der Waals surface area contributed by atoms with E-state index in [0.717, 1.165) is 24.2 Å². The van der Waals surface area contributed by atoms with E-state index in [1.54, 1.807) is 37.4 Å². The Hall–Kier alpha value is -3.55. The second-order valence-electron chi connectivity index (χ2n) is 10.5. The molecular formula is C30H35F2N7O3. The van der Waals surface area contributed by atoms with Crippen LogP contribution in [-0.4, -0.2) is 72.1 Å². The van der Waals surface area contributed by atoms with Gasteiger partial charge in [0.2, 0.25) is 0 Å². The highest BCUT2D eigenvalue weighted by Gasteiger charge is 2.28. The number of aromatic nitrogens is 4. The molecule has 4 unspecified atom stereocenters. The Bertz CT molecular complexity index is 1490. The van der Waals surface area contributed by atoms with Crippen molar-refractivity contribution in [1.82, 2.24) is 30.2 Å². The predicted molar refractivity (Wildman–Crippen MR) is 154 cm³/mol. The average Bonchev–Trinajstić information content (AvgIpc) is 3.42. The summed E-state index contributed by atoms with van der Waals surface area (Å²) < 4.78 is 47.1. The smallest absolute Gasteiger partial charge is 0.296 e. The molecule has 222 valence electrons. The first-order valence-electron chi connectivity index (χ1n) is 14.2. The number of ether oxygens (including phenoxy) is 3. The molecule has 6 rings (SSSR count). The summed E-state index contributed by atoms with van der Waals surface area (Å²) >= 11 is 0. The Balaban J connectivity index is 1.31. The van der Waals surface area contributed by atoms with Crippen LogP contribution < -0.4 is 16.0 Å². The third kappa shape index (κ3) is 5.99. The first kappa shape index (κ1) is 28.6. The van der Waals surface area contributed by atoms with Crippen molar-refractivity contribution in [3.8, 4) is 5.82 Å². The van der Waals surface area contributed by atoms with E-state index in [4.69, 9.17) is 24.2 Å². The molecule has 42 heavy (non-hydrogen) atoms. The fourth-order valence-corrected chi connectivity index (χ4v) is 5.54. The molecule has 10 nitrogen and oxygen atoms in total. The van der Waals surface area contributed by atoms with Crippen LogP contribution in [0.2, 0.25) is 0 Å². The van der Waals surface area contributed by atoms with E-state index in [-0.39, 0.29) is 24.0 Å². The number of imidazole rings is 1. The molecule has 0 spiro atoms. The Morgan fingerprint density at radius 3 is 2.62 bits per heavy atom. The van der Waals surface area contributed by atoms with Crippen LogP contribution in [0.4, 0.5) is 14.6 Å². The summed E-state index contributed by atoms with van der Waals surface area (Å²) in [7, 11) is 1.69. The van der Waals surface area contributed by atoms with E-state index in [1.165, 1.54) is 4.57 Å². The maximum absolute atomic E-state index is 14.2. The molecule has 0 aliphatic carbocycles. The van der Waals surface area contributed by atoms with Crippen molar-refractivity contribution in [3.05, 3.63) is 77.4 Å². The van der Waals surface area contributed by atoms with E-state index in [0.29, 0.717) is 54.9 Å². The zero-order valence-electron chi connectivity index (χ0n) is 23.6. The summed E-state index contributed by atoms with van der Waals surface area (Å²) in [6, 6.07) is 16.9. The molecule has 2 aliphatic heterocycles. The highest BCUT2D eigenvalue weighted by Crippen LogP contribution is 2.31. The highest BCUT2D eigenvalue weighted by atomic mass is 19.3. The molecule has 4 atom stereocenters. The molecule has 0 amide bonds. The number of rotatable bonds is 9. The topological polar surface area (TPSA) is 107 Å². The predicted octanol–water partition coefficient (Wildman–Crippen LogP) is 4.26. The Morgan fingerprint density at radius 2 is 1.86 bits per heavy atom. The van der Waals surface area contributed by atoms with Crippen LogP contribution in [-0.2, 0) is 14.2 Å². The molecule has 2 fully saturated rings. The van der Waals surface area contributed by atoms with E-state index in [2.05, 4.69) is 45.2 Å². The van der Waals surface area contributed by atoms with Crippen molar-refractivity contribution >= 4 is 16.9 Å². The lowest BCUT2D eigenvalue weighted by molar-refractivity contribution is -0.0273. The molecule has 2 aliphatic rings. The first-order valence-corrected chi connectivity index (χ1v) is 14.2. The number of alkyl halides is 2. The normalized spacial score (nSPS) is 22.0. The van der Waals surface area contributed by atoms with E-state index in [9.17, 15) is 8.78 Å². The lowest BCUT2D eigenvalue weighted by atomic mass is 9.98. The van der Waals surface area contributed by atoms with Crippen LogP contribution >= 0.6 is 0 Å². The molecule has 0 bridgehead atoms. The van der Waals surface area contributed by atoms with Gasteiger partial charge in [-0.15, -0.1) is 0 Å². The Kier molecular flexibility index (Phi) is 8.68. The summed E-state index contributed by atoms with van der Waals surface area (Å²) in [5.41, 5.74) is 3.11. The molecule has 2 aromatic carbocycles. The maximum atomic E-state index is 14.2. The highest BCUT2D eigenvalue weighted by molar-refractivity contribution is 5.78. The molecule has 2 aromatic heterocycles. The van der Waals surface area contributed by atoms with Gasteiger partial charge in [-0.25, -0.2) is 23.7 Å². The van der Waals surface area contributed by atoms with E-state index in [1.807, 2.05) is 6.92 Å². The van der Waals surface area contributed by atoms with Gasteiger partial charge in [0.05, 0.1) is 36.9 Å². The van der Waals surface area contributed by atoms with Gasteiger partial charge < -0.3 is 30.2 Å². The van der Waals surface area contributed by atoms with Gasteiger partial charge in [0, 0.05) is 38.9 Å². The van der Waals surface area contributed by atoms with Gasteiger partial charge in [-0.2, -0.15) is 0 Å². The maximum Gasteiger partial charge on any atom is 0.296 e. The molecule has 3 N–H and O–H groups in total. The zero-order chi connectivity index (χ0) is 29.1. The largest absolute Gasteiger partial charge is 0.383 e. The number of nitrogens with zero attached hydrogens (tertiary/aromatic N) is 4. The third-order valence-electron chi connectivity index (χ3n) is 7.60. The molecule has 2 saturated heterocycles. The van der Waals surface area contributed by atoms with Crippen molar-refractivity contribution in [2.24, 2.45) is 0 Å². The van der Waals surface area contributed by atoms with Gasteiger partial charge in [-0.05, 0) is 30.2 Å². The number of halogens is 2. The first-order chi connectivity index (χ1) is 20.5. The van der Waals surface area contributed by atoms with Crippen molar-refractivity contribution < 1.29 is 23.0 Å². The van der Waals surface area contributed by atoms with Crippen molar-refractivity contribution in [2.75, 3.05) is 51.9 Å². The molecule has 0 radical (unpaired) electrons. The van der Waals surface area contributed by atoms with Crippen molar-refractivity contribution in [2.45, 2.75) is 37.6 Å². The van der Waals surface area contributed by atoms with Crippen molar-refractivity contribution in [3.63, 3.8) is 0 Å². The Labute approximate surface area is 242 Å². The van der Waals surface area contributed by atoms with Crippen LogP contribution in [0.15, 0.2) is 54.6 Å². The number of nitrogens with one attached hydrogen (secondary N) is 3. The third-order valence-corrected chi connectivity index (χ3v) is 7.60. The van der Waals surface area contributed by atoms with E-state index >= 15 is 0 Å². The second kappa shape index (κ2) is 12.8. The van der Waals surface area contributed by atoms with Gasteiger partial charge in [0.25, 0.3) is 6.43 Å². The summed E-state index contributed by atoms with van der Waals surface area (Å²) in [5, 5.41) is 10.2. The van der Waals surface area contributed by atoms with E-state index < -0.39 is 12.5 Å². The van der Waals surface area contributed by atoms with Gasteiger partial charge >= 0.3 is 0 Å². The SMILES string of the molecule is COCC1NCCOC1c1ccc(C(C)Nc2cc(-n3c(C(F)F)nc4ccccc43)nc(C3CNCCO3)n2)cc1. The minimum absolute atomic E-state index is 0.0805. The van der Waals surface area contributed by atoms with Crippen LogP contribution in [0.3, 0.4) is 0 Å². The molecule has 4 aromatic rings. The Morgan fingerprint density at radius 1 is 1.05 bits per heavy atom. The lowest BCUT2D eigenvalue weighted by Gasteiger charge is -2.32. The molecule has 0 saturated carbocycles. The quantitative estimate of drug-likeness (QED) is 0.268. The van der Waals surface area contributed by atoms with Crippen LogP contribution in [0.1, 0.15) is 54.4 Å². The van der Waals surface area contributed by atoms with Crippen LogP contribution in [0, 0.1) is 0 Å². The summed E-state index contributed by atoms with van der Waals surface area (Å²) in [4.78, 5) is 13.7. The summed E-state index contributed by atoms with van der Waals surface area (Å²) in [6.45, 7) is 5.77. The van der Waals surface area contributed by atoms with Gasteiger partial charge in [0.15, 0.2) is 11.6 Å². The monoisotopic (exact) mass is 579 g/mol. The fourth-order valence-electron chi connectivity index (χ4n) is 5.54. The minimum Gasteiger partial charge on any atom is -0.383 e. The van der Waals surface area contributed by atoms with Gasteiger partial charge in [0.1, 0.15) is 23.8 Å². The second-order valence-corrected chi connectivity index (χ2v) is 10.5. The van der Waals surface area contributed by atoms with Crippen molar-refractivity contribution in [1.29, 1.82) is 0 Å². The molecule has 4 heterocycles. The van der Waals surface area contributed by atoms with Crippen LogP contribution in [0.5, 0.6) is 0 Å². The number of morpholine rings is 2. The number of methoxy groups -OCH3 is 1. The molecular weight excluding hydrogens is 544 g/mol. The molecule has 12 heteroatoms. The number of hydrogen-bond donors (Lipinski definition) is 3. The van der Waals surface area contributed by atoms with Gasteiger partial charge in [-0.3, -0.25) is 4.57 Å². The minimum atomic E-state index is -2.79. The number of benzene rings is 2. The fraction of sp³-hybridized carbons (Fsp3) is 0.433. The average molecular weight is 580 g/mol. The number of para-hydroxylation sites is 2. The number of anilines is 1. The van der Waals surface area contributed by atoms with Gasteiger partial charge in [-0.1, -0.05) is 36.4 Å². The van der Waals surface area contributed by atoms with Crippen LogP contribution in [0.25, 0.3) is 16.9 Å². The summed E-state index contributed by atoms with van der Waals surface area (Å²) in [6.07, 6.45) is -3.30. The zero-order valence-corrected chi connectivity index (χ0v) is 23.6. The number of hydrogen-bond acceptors (Lipinski definition) is 9. The standard InChI is InChI=1S/C30H35F2N7O3/c1-18(19-7-9-20(10-8-19)27-22(17-40-2)34-12-14-42-27)35-25-15-26(38-29(37-25)24-16-33-11-13-41-24)39-23-6-4-3-5-21(23)36-30(39)28(31)32/h3-10,15,18,22,24,27-28,33-34H,11-14,16-17H2,1-2H3,(H,35,37,38). The number of fused-ring (bicyclic) bond motifs is 1. The summed E-state index contributed by atoms with van der Waals surface area (Å²) in [5.74, 6) is 0.839. The lowest BCUT2D eigenvalue weighted by Crippen LogP contribution is -2.46.